The molecule has 1 fully saturated rings. The molecular formula is C16H22N2OS. The minimum atomic E-state index is 0.217. The van der Waals surface area contributed by atoms with Crippen LogP contribution in [-0.2, 0) is 11.3 Å². The maximum absolute atomic E-state index is 12.2. The third-order valence-corrected chi connectivity index (χ3v) is 4.59. The van der Waals surface area contributed by atoms with Crippen LogP contribution in [0.15, 0.2) is 11.4 Å². The van der Waals surface area contributed by atoms with Gasteiger partial charge in [-0.3, -0.25) is 4.79 Å². The Morgan fingerprint density at radius 2 is 2.10 bits per heavy atom. The molecule has 1 amide bonds. The molecule has 0 aliphatic heterocycles. The summed E-state index contributed by atoms with van der Waals surface area (Å²) in [6, 6.07) is 2.03. The van der Waals surface area contributed by atoms with E-state index in [1.165, 1.54) is 25.7 Å². The van der Waals surface area contributed by atoms with Crippen molar-refractivity contribution in [1.82, 2.24) is 5.32 Å². The van der Waals surface area contributed by atoms with Crippen LogP contribution in [0.4, 0.5) is 0 Å². The fourth-order valence-electron chi connectivity index (χ4n) is 2.55. The van der Waals surface area contributed by atoms with Crippen LogP contribution in [-0.4, -0.2) is 12.5 Å². The summed E-state index contributed by atoms with van der Waals surface area (Å²) >= 11 is 1.63. The maximum atomic E-state index is 12.2. The molecule has 20 heavy (non-hydrogen) atoms. The highest BCUT2D eigenvalue weighted by molar-refractivity contribution is 7.10. The molecule has 0 saturated heterocycles. The fourth-order valence-corrected chi connectivity index (χ4v) is 3.31. The average molecular weight is 290 g/mol. The zero-order valence-electron chi connectivity index (χ0n) is 11.8. The smallest absolute Gasteiger partial charge is 0.223 e. The second-order valence-electron chi connectivity index (χ2n) is 5.21. The summed E-state index contributed by atoms with van der Waals surface area (Å²) < 4.78 is 0. The van der Waals surface area contributed by atoms with Gasteiger partial charge < -0.3 is 11.1 Å². The van der Waals surface area contributed by atoms with Crippen molar-refractivity contribution in [3.63, 3.8) is 0 Å². The van der Waals surface area contributed by atoms with Gasteiger partial charge in [0, 0.05) is 21.7 Å². The number of hydrogen-bond donors (Lipinski definition) is 2. The van der Waals surface area contributed by atoms with Crippen LogP contribution in [0.5, 0.6) is 0 Å². The molecule has 1 saturated carbocycles. The molecule has 4 heteroatoms. The van der Waals surface area contributed by atoms with Crippen LogP contribution < -0.4 is 11.1 Å². The number of carbonyl (C=O) groups is 1. The summed E-state index contributed by atoms with van der Waals surface area (Å²) in [5.41, 5.74) is 6.34. The van der Waals surface area contributed by atoms with E-state index < -0.39 is 0 Å². The number of nitrogens with two attached hydrogens (primary N) is 1. The Morgan fingerprint density at radius 1 is 1.35 bits per heavy atom. The SMILES string of the molecule is NCC#Cc1csc(CNC(=O)C2CCCCCC2)c1. The van der Waals surface area contributed by atoms with E-state index in [-0.39, 0.29) is 11.8 Å². The summed E-state index contributed by atoms with van der Waals surface area (Å²) in [6.07, 6.45) is 7.02. The lowest BCUT2D eigenvalue weighted by molar-refractivity contribution is -0.125. The van der Waals surface area contributed by atoms with Gasteiger partial charge in [-0.05, 0) is 18.9 Å². The first-order valence-corrected chi connectivity index (χ1v) is 8.21. The first kappa shape index (κ1) is 15.1. The summed E-state index contributed by atoms with van der Waals surface area (Å²) in [5.74, 6) is 6.28. The van der Waals surface area contributed by atoms with Gasteiger partial charge >= 0.3 is 0 Å². The molecule has 1 aromatic rings. The highest BCUT2D eigenvalue weighted by atomic mass is 32.1. The first-order chi connectivity index (χ1) is 9.79. The van der Waals surface area contributed by atoms with Gasteiger partial charge in [-0.1, -0.05) is 37.5 Å². The van der Waals surface area contributed by atoms with Crippen molar-refractivity contribution in [2.75, 3.05) is 6.54 Å². The minimum Gasteiger partial charge on any atom is -0.351 e. The third kappa shape index (κ3) is 4.66. The quantitative estimate of drug-likeness (QED) is 0.664. The number of carbonyl (C=O) groups excluding carboxylic acids is 1. The number of amides is 1. The van der Waals surface area contributed by atoms with Gasteiger partial charge in [-0.25, -0.2) is 0 Å². The zero-order valence-corrected chi connectivity index (χ0v) is 12.6. The lowest BCUT2D eigenvalue weighted by atomic mass is 9.99. The monoisotopic (exact) mass is 290 g/mol. The number of rotatable bonds is 3. The second kappa shape index (κ2) is 8.08. The van der Waals surface area contributed by atoms with Crippen LogP contribution in [0, 0.1) is 17.8 Å². The lowest BCUT2D eigenvalue weighted by Crippen LogP contribution is -2.29. The Labute approximate surface area is 124 Å². The summed E-state index contributed by atoms with van der Waals surface area (Å²) in [4.78, 5) is 13.3. The van der Waals surface area contributed by atoms with Crippen LogP contribution in [0.25, 0.3) is 0 Å². The first-order valence-electron chi connectivity index (χ1n) is 7.33. The van der Waals surface area contributed by atoms with E-state index in [2.05, 4.69) is 17.2 Å². The predicted molar refractivity (Wildman–Crippen MR) is 83.3 cm³/mol. The van der Waals surface area contributed by atoms with Crippen LogP contribution in [0.3, 0.4) is 0 Å². The molecule has 0 radical (unpaired) electrons. The molecule has 2 rings (SSSR count). The van der Waals surface area contributed by atoms with Gasteiger partial charge in [-0.15, -0.1) is 11.3 Å². The van der Waals surface area contributed by atoms with Crippen LogP contribution >= 0.6 is 11.3 Å². The molecule has 3 nitrogen and oxygen atoms in total. The number of nitrogens with one attached hydrogen (secondary N) is 1. The molecule has 0 spiro atoms. The molecule has 0 aromatic carbocycles. The van der Waals surface area contributed by atoms with Gasteiger partial charge in [-0.2, -0.15) is 0 Å². The Hall–Kier alpha value is -1.31. The van der Waals surface area contributed by atoms with E-state index >= 15 is 0 Å². The molecule has 1 aliphatic carbocycles. The standard InChI is InChI=1S/C16H22N2OS/c17-9-5-6-13-10-15(20-12-13)11-18-16(19)14-7-3-1-2-4-8-14/h10,12,14H,1-4,7-9,11,17H2,(H,18,19). The largest absolute Gasteiger partial charge is 0.351 e. The Morgan fingerprint density at radius 3 is 2.80 bits per heavy atom. The molecule has 0 bridgehead atoms. The Balaban J connectivity index is 1.81. The van der Waals surface area contributed by atoms with Crippen molar-refractivity contribution in [2.45, 2.75) is 45.1 Å². The minimum absolute atomic E-state index is 0.217. The maximum Gasteiger partial charge on any atom is 0.223 e. The van der Waals surface area contributed by atoms with E-state index in [1.807, 2.05) is 11.4 Å². The fraction of sp³-hybridized carbons (Fsp3) is 0.562. The van der Waals surface area contributed by atoms with E-state index in [4.69, 9.17) is 5.73 Å². The summed E-state index contributed by atoms with van der Waals surface area (Å²) in [7, 11) is 0. The lowest BCUT2D eigenvalue weighted by Gasteiger charge is -2.13. The van der Waals surface area contributed by atoms with E-state index in [1.54, 1.807) is 11.3 Å². The van der Waals surface area contributed by atoms with Gasteiger partial charge in [0.1, 0.15) is 0 Å². The summed E-state index contributed by atoms with van der Waals surface area (Å²) in [6.45, 7) is 0.994. The van der Waals surface area contributed by atoms with Gasteiger partial charge in [0.15, 0.2) is 0 Å². The predicted octanol–water partition coefficient (Wildman–Crippen LogP) is 2.64. The third-order valence-electron chi connectivity index (χ3n) is 3.65. The van der Waals surface area contributed by atoms with Crippen molar-refractivity contribution < 1.29 is 4.79 Å². The van der Waals surface area contributed by atoms with Crippen LogP contribution in [0.1, 0.15) is 49.0 Å². The highest BCUT2D eigenvalue weighted by Crippen LogP contribution is 2.23. The van der Waals surface area contributed by atoms with Crippen LogP contribution in [0.2, 0.25) is 0 Å². The number of hydrogen-bond acceptors (Lipinski definition) is 3. The average Bonchev–Trinajstić information content (AvgIpc) is 2.73. The van der Waals surface area contributed by atoms with Crippen molar-refractivity contribution in [2.24, 2.45) is 11.7 Å². The van der Waals surface area contributed by atoms with Crippen molar-refractivity contribution in [3.05, 3.63) is 21.9 Å². The van der Waals surface area contributed by atoms with Gasteiger partial charge in [0.05, 0.1) is 13.1 Å². The van der Waals surface area contributed by atoms with E-state index in [9.17, 15) is 4.79 Å². The normalized spacial score (nSPS) is 16.1. The topological polar surface area (TPSA) is 55.1 Å². The van der Waals surface area contributed by atoms with Gasteiger partial charge in [0.2, 0.25) is 5.91 Å². The molecule has 1 heterocycles. The highest BCUT2D eigenvalue weighted by Gasteiger charge is 2.19. The molecule has 0 unspecified atom stereocenters. The number of thiophene rings is 1. The van der Waals surface area contributed by atoms with Crippen molar-refractivity contribution >= 4 is 17.2 Å². The van der Waals surface area contributed by atoms with E-state index in [0.717, 1.165) is 23.3 Å². The second-order valence-corrected chi connectivity index (χ2v) is 6.21. The van der Waals surface area contributed by atoms with Gasteiger partial charge in [0.25, 0.3) is 0 Å². The molecule has 3 N–H and O–H groups in total. The Bertz CT molecular complexity index is 490. The molecule has 1 aromatic heterocycles. The molecule has 108 valence electrons. The summed E-state index contributed by atoms with van der Waals surface area (Å²) in [5, 5.41) is 5.07. The molecular weight excluding hydrogens is 268 g/mol. The molecule has 1 aliphatic rings. The van der Waals surface area contributed by atoms with E-state index in [0.29, 0.717) is 13.1 Å². The zero-order chi connectivity index (χ0) is 14.2. The van der Waals surface area contributed by atoms with Crippen molar-refractivity contribution in [3.8, 4) is 11.8 Å². The van der Waals surface area contributed by atoms with Crippen molar-refractivity contribution in [1.29, 1.82) is 0 Å². The molecule has 0 atom stereocenters. The Kier molecular flexibility index (Phi) is 6.10.